The van der Waals surface area contributed by atoms with Crippen molar-refractivity contribution in [2.75, 3.05) is 16.8 Å². The summed E-state index contributed by atoms with van der Waals surface area (Å²) in [7, 11) is 1.70. The number of aryl methyl sites for hydroxylation is 2. The number of imide groups is 1. The van der Waals surface area contributed by atoms with Crippen LogP contribution < -0.4 is 21.3 Å². The van der Waals surface area contributed by atoms with Crippen LogP contribution in [0.2, 0.25) is 0 Å². The number of nitrogens with one attached hydrogen (secondary N) is 2. The molecule has 0 bridgehead atoms. The Kier molecular flexibility index (Phi) is 5.92. The highest BCUT2D eigenvalue weighted by molar-refractivity contribution is 6.14. The van der Waals surface area contributed by atoms with Crippen LogP contribution in [-0.4, -0.2) is 33.2 Å². The maximum atomic E-state index is 13.5. The number of fused-ring (bicyclic) bond motifs is 1. The second-order valence-corrected chi connectivity index (χ2v) is 7.70. The van der Waals surface area contributed by atoms with Gasteiger partial charge in [0.15, 0.2) is 5.65 Å². The number of benzene rings is 1. The molecule has 9 nitrogen and oxygen atoms in total. The maximum Gasteiger partial charge on any atom is 0.419 e. The topological polar surface area (TPSA) is 118 Å². The predicted octanol–water partition coefficient (Wildman–Crippen LogP) is 3.57. The van der Waals surface area contributed by atoms with Crippen LogP contribution in [-0.2, 0) is 13.2 Å². The standard InChI is InChI=1S/C22H19F4N7O2/c1-11-17-18(33-7-5-12(27)6-8-33)14(10-28-19(17)32(2)31-11)20(34)30-21(35)29-13-3-4-16(23)15(9-13)22(24,25)26/h3-7,9-10H,8,27H2,1-2H3,(H2,29,30,34,35). The predicted molar refractivity (Wildman–Crippen MR) is 120 cm³/mol. The summed E-state index contributed by atoms with van der Waals surface area (Å²) in [5, 5.41) is 9.11. The second-order valence-electron chi connectivity index (χ2n) is 7.70. The molecule has 0 aliphatic carbocycles. The van der Waals surface area contributed by atoms with E-state index in [-0.39, 0.29) is 11.3 Å². The number of nitrogens with two attached hydrogens (primary N) is 1. The van der Waals surface area contributed by atoms with Crippen molar-refractivity contribution in [3.05, 3.63) is 71.1 Å². The van der Waals surface area contributed by atoms with Crippen LogP contribution in [0, 0.1) is 12.7 Å². The summed E-state index contributed by atoms with van der Waals surface area (Å²) in [6.45, 7) is 2.07. The molecule has 1 aliphatic rings. The Morgan fingerprint density at radius 3 is 2.63 bits per heavy atom. The van der Waals surface area contributed by atoms with E-state index in [1.54, 1.807) is 41.9 Å². The zero-order valence-electron chi connectivity index (χ0n) is 18.4. The summed E-state index contributed by atoms with van der Waals surface area (Å²) in [4.78, 5) is 31.5. The fraction of sp³-hybridized carbons (Fsp3) is 0.182. The first-order valence-corrected chi connectivity index (χ1v) is 10.2. The molecular weight excluding hydrogens is 470 g/mol. The minimum absolute atomic E-state index is 0.0253. The number of carbonyl (C=O) groups is 2. The average molecular weight is 489 g/mol. The van der Waals surface area contributed by atoms with E-state index in [0.29, 0.717) is 46.8 Å². The van der Waals surface area contributed by atoms with Crippen molar-refractivity contribution < 1.29 is 27.2 Å². The molecule has 0 spiro atoms. The van der Waals surface area contributed by atoms with Crippen molar-refractivity contribution in [2.24, 2.45) is 12.8 Å². The maximum absolute atomic E-state index is 13.5. The number of nitrogens with zero attached hydrogens (tertiary/aromatic N) is 4. The van der Waals surface area contributed by atoms with Gasteiger partial charge in [-0.05, 0) is 37.3 Å². The molecule has 0 unspecified atom stereocenters. The van der Waals surface area contributed by atoms with Crippen LogP contribution in [0.3, 0.4) is 0 Å². The highest BCUT2D eigenvalue weighted by Crippen LogP contribution is 2.34. The van der Waals surface area contributed by atoms with Crippen molar-refractivity contribution in [1.29, 1.82) is 0 Å². The smallest absolute Gasteiger partial charge is 0.399 e. The molecule has 35 heavy (non-hydrogen) atoms. The van der Waals surface area contributed by atoms with E-state index in [4.69, 9.17) is 5.73 Å². The molecule has 0 fully saturated rings. The highest BCUT2D eigenvalue weighted by atomic mass is 19.4. The molecule has 4 N–H and O–H groups in total. The van der Waals surface area contributed by atoms with E-state index in [1.807, 2.05) is 0 Å². The molecule has 4 rings (SSSR count). The van der Waals surface area contributed by atoms with E-state index >= 15 is 0 Å². The number of hydrogen-bond acceptors (Lipinski definition) is 6. The van der Waals surface area contributed by atoms with Gasteiger partial charge in [0, 0.05) is 37.4 Å². The zero-order chi connectivity index (χ0) is 25.5. The van der Waals surface area contributed by atoms with Crippen LogP contribution in [0.15, 0.2) is 48.4 Å². The number of carbonyl (C=O) groups excluding carboxylic acids is 2. The third-order valence-corrected chi connectivity index (χ3v) is 5.26. The van der Waals surface area contributed by atoms with Crippen LogP contribution in [0.25, 0.3) is 11.0 Å². The van der Waals surface area contributed by atoms with Crippen molar-refractivity contribution in [3.63, 3.8) is 0 Å². The lowest BCUT2D eigenvalue weighted by atomic mass is 10.1. The largest absolute Gasteiger partial charge is 0.419 e. The van der Waals surface area contributed by atoms with Crippen LogP contribution >= 0.6 is 0 Å². The van der Waals surface area contributed by atoms with Gasteiger partial charge in [-0.2, -0.15) is 18.3 Å². The second kappa shape index (κ2) is 8.74. The molecule has 182 valence electrons. The number of anilines is 2. The fourth-order valence-corrected chi connectivity index (χ4v) is 3.68. The van der Waals surface area contributed by atoms with E-state index in [1.165, 1.54) is 6.20 Å². The molecule has 3 aromatic rings. The number of pyridine rings is 1. The Hall–Kier alpha value is -4.42. The van der Waals surface area contributed by atoms with E-state index in [2.05, 4.69) is 20.7 Å². The molecule has 13 heteroatoms. The summed E-state index contributed by atoms with van der Waals surface area (Å²) in [6.07, 6.45) is 1.37. The first kappa shape index (κ1) is 23.7. The first-order valence-electron chi connectivity index (χ1n) is 10.2. The Balaban J connectivity index is 1.64. The number of allylic oxidation sites excluding steroid dienone is 1. The lowest BCUT2D eigenvalue weighted by Gasteiger charge is -2.25. The molecule has 2 aromatic heterocycles. The zero-order valence-corrected chi connectivity index (χ0v) is 18.4. The monoisotopic (exact) mass is 489 g/mol. The van der Waals surface area contributed by atoms with E-state index in [9.17, 15) is 27.2 Å². The van der Waals surface area contributed by atoms with Gasteiger partial charge in [-0.25, -0.2) is 14.2 Å². The van der Waals surface area contributed by atoms with Gasteiger partial charge < -0.3 is 16.0 Å². The minimum Gasteiger partial charge on any atom is -0.399 e. The highest BCUT2D eigenvalue weighted by Gasteiger charge is 2.34. The number of aromatic nitrogens is 3. The number of amides is 3. The summed E-state index contributed by atoms with van der Waals surface area (Å²) in [5.41, 5.74) is 5.98. The van der Waals surface area contributed by atoms with Crippen molar-refractivity contribution in [1.82, 2.24) is 20.1 Å². The van der Waals surface area contributed by atoms with Crippen molar-refractivity contribution in [3.8, 4) is 0 Å². The summed E-state index contributed by atoms with van der Waals surface area (Å²) in [5.74, 6) is -2.34. The van der Waals surface area contributed by atoms with Gasteiger partial charge in [0.2, 0.25) is 0 Å². The van der Waals surface area contributed by atoms with Crippen LogP contribution in [0.5, 0.6) is 0 Å². The number of rotatable bonds is 3. The molecule has 1 aromatic carbocycles. The van der Waals surface area contributed by atoms with Crippen molar-refractivity contribution >= 4 is 34.3 Å². The van der Waals surface area contributed by atoms with Gasteiger partial charge in [-0.15, -0.1) is 0 Å². The molecule has 1 aliphatic heterocycles. The normalized spacial score (nSPS) is 13.7. The van der Waals surface area contributed by atoms with Gasteiger partial charge >= 0.3 is 12.2 Å². The third-order valence-electron chi connectivity index (χ3n) is 5.26. The van der Waals surface area contributed by atoms with Gasteiger partial charge in [-0.1, -0.05) is 0 Å². The molecule has 0 atom stereocenters. The summed E-state index contributed by atoms with van der Waals surface area (Å²) in [6, 6.07) is 0.847. The fourth-order valence-electron chi connectivity index (χ4n) is 3.68. The molecular formula is C22H19F4N7O2. The Morgan fingerprint density at radius 1 is 1.23 bits per heavy atom. The Labute approximate surface area is 195 Å². The summed E-state index contributed by atoms with van der Waals surface area (Å²) >= 11 is 0. The number of hydrogen-bond donors (Lipinski definition) is 3. The van der Waals surface area contributed by atoms with Crippen molar-refractivity contribution in [2.45, 2.75) is 13.1 Å². The quantitative estimate of drug-likeness (QED) is 0.484. The third kappa shape index (κ3) is 4.65. The van der Waals surface area contributed by atoms with Crippen LogP contribution in [0.1, 0.15) is 21.6 Å². The molecule has 0 saturated carbocycles. The number of halogens is 4. The minimum atomic E-state index is -4.95. The lowest BCUT2D eigenvalue weighted by Crippen LogP contribution is -2.35. The number of urea groups is 1. The SMILES string of the molecule is Cc1nn(C)c2ncc(C(=O)NC(=O)Nc3ccc(F)c(C(F)(F)F)c3)c(N3C=CC(N)=CC3)c12. The van der Waals surface area contributed by atoms with E-state index in [0.717, 1.165) is 6.07 Å². The number of alkyl halides is 3. The van der Waals surface area contributed by atoms with E-state index < -0.39 is 29.5 Å². The summed E-state index contributed by atoms with van der Waals surface area (Å²) < 4.78 is 53.9. The molecule has 3 heterocycles. The van der Waals surface area contributed by atoms with Gasteiger partial charge in [0.05, 0.1) is 27.9 Å². The first-order chi connectivity index (χ1) is 16.5. The molecule has 0 radical (unpaired) electrons. The van der Waals surface area contributed by atoms with Gasteiger partial charge in [0.1, 0.15) is 5.82 Å². The molecule has 0 saturated heterocycles. The lowest BCUT2D eigenvalue weighted by molar-refractivity contribution is -0.139. The molecule has 3 amide bonds. The van der Waals surface area contributed by atoms with Gasteiger partial charge in [-0.3, -0.25) is 14.8 Å². The average Bonchev–Trinajstić information content (AvgIpc) is 3.07. The van der Waals surface area contributed by atoms with Gasteiger partial charge in [0.25, 0.3) is 5.91 Å². The Morgan fingerprint density at radius 2 is 1.97 bits per heavy atom. The Bertz CT molecular complexity index is 1410. The van der Waals surface area contributed by atoms with Crippen LogP contribution in [0.4, 0.5) is 33.7 Å².